The van der Waals surface area contributed by atoms with E-state index in [4.69, 9.17) is 0 Å². The van der Waals surface area contributed by atoms with Crippen LogP contribution in [0.15, 0.2) is 47.3 Å². The van der Waals surface area contributed by atoms with Crippen molar-refractivity contribution in [2.45, 2.75) is 32.2 Å². The van der Waals surface area contributed by atoms with Gasteiger partial charge in [-0.3, -0.25) is 9.59 Å². The Morgan fingerprint density at radius 3 is 2.33 bits per heavy atom. The molecule has 2 aliphatic heterocycles. The molecule has 1 aromatic heterocycles. The van der Waals surface area contributed by atoms with Gasteiger partial charge < -0.3 is 14.7 Å². The van der Waals surface area contributed by atoms with Gasteiger partial charge >= 0.3 is 0 Å². The molecule has 0 bridgehead atoms. The third-order valence-corrected chi connectivity index (χ3v) is 7.07. The summed E-state index contributed by atoms with van der Waals surface area (Å²) in [5.41, 5.74) is 1.44. The van der Waals surface area contributed by atoms with Crippen molar-refractivity contribution in [3.63, 3.8) is 0 Å². The van der Waals surface area contributed by atoms with Crippen molar-refractivity contribution in [1.82, 2.24) is 14.7 Å². The van der Waals surface area contributed by atoms with Gasteiger partial charge in [-0.05, 0) is 42.9 Å². The lowest BCUT2D eigenvalue weighted by atomic mass is 9.68. The summed E-state index contributed by atoms with van der Waals surface area (Å²) in [4.78, 5) is 31.6. The summed E-state index contributed by atoms with van der Waals surface area (Å²) in [5.74, 6) is 0.784. The minimum atomic E-state index is -0.215. The lowest BCUT2D eigenvalue weighted by Crippen LogP contribution is -2.50. The summed E-state index contributed by atoms with van der Waals surface area (Å²) >= 11 is 0. The molecular formula is C23H29N5O2. The molecule has 0 atom stereocenters. The Kier molecular flexibility index (Phi) is 4.97. The van der Waals surface area contributed by atoms with Crippen LogP contribution in [-0.4, -0.2) is 59.9 Å². The van der Waals surface area contributed by atoms with Crippen LogP contribution in [0.5, 0.6) is 0 Å². The normalized spacial score (nSPS) is 20.5. The van der Waals surface area contributed by atoms with E-state index in [-0.39, 0.29) is 18.0 Å². The van der Waals surface area contributed by atoms with Crippen LogP contribution in [0, 0.1) is 5.41 Å². The number of para-hydroxylation sites is 1. The molecule has 0 N–H and O–H groups in total. The number of carbonyl (C=O) groups excluding carboxylic acids is 1. The topological polar surface area (TPSA) is 61.7 Å². The molecule has 3 aliphatic rings. The van der Waals surface area contributed by atoms with Crippen molar-refractivity contribution in [3.05, 3.63) is 52.8 Å². The number of amides is 1. The van der Waals surface area contributed by atoms with E-state index in [0.717, 1.165) is 32.0 Å². The number of hydrogen-bond acceptors (Lipinski definition) is 5. The Morgan fingerprint density at radius 2 is 1.67 bits per heavy atom. The van der Waals surface area contributed by atoms with E-state index >= 15 is 0 Å². The van der Waals surface area contributed by atoms with Gasteiger partial charge in [-0.1, -0.05) is 24.6 Å². The van der Waals surface area contributed by atoms with Crippen LogP contribution in [0.25, 0.3) is 0 Å². The Bertz CT molecular complexity index is 961. The number of hydrogen-bond donors (Lipinski definition) is 0. The van der Waals surface area contributed by atoms with Crippen LogP contribution in [-0.2, 0) is 11.3 Å². The largest absolute Gasteiger partial charge is 0.368 e. The monoisotopic (exact) mass is 407 g/mol. The van der Waals surface area contributed by atoms with E-state index in [2.05, 4.69) is 27.0 Å². The van der Waals surface area contributed by atoms with Gasteiger partial charge in [0.2, 0.25) is 5.91 Å². The summed E-state index contributed by atoms with van der Waals surface area (Å²) in [7, 11) is 0. The molecule has 0 radical (unpaired) electrons. The maximum absolute atomic E-state index is 12.8. The molecule has 158 valence electrons. The highest BCUT2D eigenvalue weighted by molar-refractivity contribution is 5.76. The molecule has 5 rings (SSSR count). The molecule has 2 aromatic rings. The van der Waals surface area contributed by atoms with Gasteiger partial charge in [0.1, 0.15) is 12.4 Å². The van der Waals surface area contributed by atoms with Crippen LogP contribution in [0.4, 0.5) is 11.5 Å². The number of anilines is 2. The van der Waals surface area contributed by atoms with Gasteiger partial charge in [0.05, 0.1) is 0 Å². The maximum atomic E-state index is 12.8. The molecule has 1 amide bonds. The smallest absolute Gasteiger partial charge is 0.267 e. The zero-order chi connectivity index (χ0) is 20.6. The first kappa shape index (κ1) is 19.2. The van der Waals surface area contributed by atoms with Gasteiger partial charge in [-0.15, -0.1) is 0 Å². The van der Waals surface area contributed by atoms with Crippen molar-refractivity contribution in [1.29, 1.82) is 0 Å². The van der Waals surface area contributed by atoms with Crippen LogP contribution >= 0.6 is 0 Å². The van der Waals surface area contributed by atoms with Crippen molar-refractivity contribution in [2.75, 3.05) is 49.1 Å². The molecule has 1 aromatic carbocycles. The molecular weight excluding hydrogens is 378 g/mol. The summed E-state index contributed by atoms with van der Waals surface area (Å²) in [6.07, 6.45) is 5.14. The molecule has 3 heterocycles. The van der Waals surface area contributed by atoms with E-state index in [0.29, 0.717) is 18.5 Å². The molecule has 1 aliphatic carbocycles. The van der Waals surface area contributed by atoms with E-state index < -0.39 is 0 Å². The van der Waals surface area contributed by atoms with Gasteiger partial charge in [0.25, 0.3) is 5.56 Å². The van der Waals surface area contributed by atoms with Crippen molar-refractivity contribution in [3.8, 4) is 0 Å². The third-order valence-electron chi connectivity index (χ3n) is 7.07. The molecule has 3 fully saturated rings. The number of piperazine rings is 1. The first-order valence-electron chi connectivity index (χ1n) is 11.0. The van der Waals surface area contributed by atoms with Crippen LogP contribution in [0.1, 0.15) is 25.7 Å². The number of aromatic nitrogens is 2. The van der Waals surface area contributed by atoms with E-state index in [1.807, 2.05) is 23.1 Å². The van der Waals surface area contributed by atoms with Crippen LogP contribution < -0.4 is 15.4 Å². The second kappa shape index (κ2) is 7.78. The highest BCUT2D eigenvalue weighted by Gasteiger charge is 2.43. The van der Waals surface area contributed by atoms with Gasteiger partial charge in [0, 0.05) is 51.0 Å². The number of carbonyl (C=O) groups is 1. The lowest BCUT2D eigenvalue weighted by Gasteiger charge is -2.38. The molecule has 0 unspecified atom stereocenters. The van der Waals surface area contributed by atoms with Crippen LogP contribution in [0.2, 0.25) is 0 Å². The molecule has 1 spiro atoms. The molecule has 1 saturated carbocycles. The Morgan fingerprint density at radius 1 is 0.900 bits per heavy atom. The minimum absolute atomic E-state index is 0.0109. The summed E-state index contributed by atoms with van der Waals surface area (Å²) in [6.45, 7) is 4.95. The van der Waals surface area contributed by atoms with Gasteiger partial charge in [0.15, 0.2) is 0 Å². The van der Waals surface area contributed by atoms with Crippen LogP contribution in [0.3, 0.4) is 0 Å². The van der Waals surface area contributed by atoms with Crippen molar-refractivity contribution in [2.24, 2.45) is 5.41 Å². The summed E-state index contributed by atoms with van der Waals surface area (Å²) in [6, 6.07) is 13.6. The van der Waals surface area contributed by atoms with E-state index in [1.54, 1.807) is 12.1 Å². The summed E-state index contributed by atoms with van der Waals surface area (Å²) < 4.78 is 1.34. The second-order valence-electron chi connectivity index (χ2n) is 8.92. The second-order valence-corrected chi connectivity index (χ2v) is 8.92. The SMILES string of the molecule is O=C(Cn1nc(N2CCC3(CCC3)C2)ccc1=O)N1CCN(c2ccccc2)CC1. The predicted octanol–water partition coefficient (Wildman–Crippen LogP) is 1.97. The average Bonchev–Trinajstić information content (AvgIpc) is 3.23. The fraction of sp³-hybridized carbons (Fsp3) is 0.522. The van der Waals surface area contributed by atoms with Crippen molar-refractivity contribution >= 4 is 17.4 Å². The first-order chi connectivity index (χ1) is 14.6. The predicted molar refractivity (Wildman–Crippen MR) is 117 cm³/mol. The van der Waals surface area contributed by atoms with E-state index in [1.165, 1.54) is 36.1 Å². The average molecular weight is 408 g/mol. The standard InChI is InChI=1S/C23H29N5O2/c29-21-8-7-20(27-12-11-23(18-27)9-4-10-23)24-28(21)17-22(30)26-15-13-25(14-16-26)19-5-2-1-3-6-19/h1-3,5-8H,4,9-18H2. The maximum Gasteiger partial charge on any atom is 0.267 e. The lowest BCUT2D eigenvalue weighted by molar-refractivity contribution is -0.132. The zero-order valence-electron chi connectivity index (χ0n) is 17.4. The van der Waals surface area contributed by atoms with Gasteiger partial charge in [-0.25, -0.2) is 4.68 Å². The Balaban J connectivity index is 1.21. The first-order valence-corrected chi connectivity index (χ1v) is 11.0. The molecule has 7 heteroatoms. The Labute approximate surface area is 176 Å². The highest BCUT2D eigenvalue weighted by Crippen LogP contribution is 2.48. The highest BCUT2D eigenvalue weighted by atomic mass is 16.2. The fourth-order valence-corrected chi connectivity index (χ4v) is 5.02. The minimum Gasteiger partial charge on any atom is -0.368 e. The fourth-order valence-electron chi connectivity index (χ4n) is 5.02. The van der Waals surface area contributed by atoms with Crippen molar-refractivity contribution < 1.29 is 4.79 Å². The van der Waals surface area contributed by atoms with E-state index in [9.17, 15) is 9.59 Å². The zero-order valence-corrected chi connectivity index (χ0v) is 17.4. The molecule has 7 nitrogen and oxygen atoms in total. The molecule has 2 saturated heterocycles. The van der Waals surface area contributed by atoms with Gasteiger partial charge in [-0.2, -0.15) is 5.10 Å². The number of rotatable bonds is 4. The third kappa shape index (κ3) is 3.68. The number of nitrogens with zero attached hydrogens (tertiary/aromatic N) is 5. The molecule has 30 heavy (non-hydrogen) atoms. The Hall–Kier alpha value is -2.83. The number of benzene rings is 1. The quantitative estimate of drug-likeness (QED) is 0.776. The summed E-state index contributed by atoms with van der Waals surface area (Å²) in [5, 5.41) is 4.55.